The molecule has 0 aromatic carbocycles. The SMILES string of the molecule is CCCNCC1(CN(CCC)C2CC2)CCCCC1. The van der Waals surface area contributed by atoms with Crippen LogP contribution in [-0.4, -0.2) is 37.1 Å². The van der Waals surface area contributed by atoms with Crippen molar-refractivity contribution in [1.29, 1.82) is 0 Å². The Balaban J connectivity index is 1.90. The van der Waals surface area contributed by atoms with Crippen LogP contribution in [0.5, 0.6) is 0 Å². The average molecular weight is 266 g/mol. The quantitative estimate of drug-likeness (QED) is 0.638. The molecule has 1 N–H and O–H groups in total. The van der Waals surface area contributed by atoms with Gasteiger partial charge in [-0.25, -0.2) is 0 Å². The lowest BCUT2D eigenvalue weighted by atomic mass is 9.73. The zero-order valence-corrected chi connectivity index (χ0v) is 13.2. The lowest BCUT2D eigenvalue weighted by Crippen LogP contribution is -2.46. The van der Waals surface area contributed by atoms with Crippen LogP contribution in [0, 0.1) is 5.41 Å². The number of hydrogen-bond donors (Lipinski definition) is 1. The van der Waals surface area contributed by atoms with E-state index in [4.69, 9.17) is 0 Å². The molecule has 0 saturated heterocycles. The summed E-state index contributed by atoms with van der Waals surface area (Å²) in [5, 5.41) is 3.73. The summed E-state index contributed by atoms with van der Waals surface area (Å²) in [6.07, 6.45) is 12.8. The van der Waals surface area contributed by atoms with E-state index < -0.39 is 0 Å². The van der Waals surface area contributed by atoms with E-state index in [1.807, 2.05) is 0 Å². The van der Waals surface area contributed by atoms with Crippen molar-refractivity contribution in [2.75, 3.05) is 26.2 Å². The molecule has 112 valence electrons. The second-order valence-corrected chi connectivity index (χ2v) is 6.94. The topological polar surface area (TPSA) is 15.3 Å². The molecule has 0 unspecified atom stereocenters. The summed E-state index contributed by atoms with van der Waals surface area (Å²) in [6.45, 7) is 9.74. The van der Waals surface area contributed by atoms with Crippen molar-refractivity contribution in [3.8, 4) is 0 Å². The summed E-state index contributed by atoms with van der Waals surface area (Å²) >= 11 is 0. The van der Waals surface area contributed by atoms with Crippen LogP contribution in [0.2, 0.25) is 0 Å². The molecular formula is C17H34N2. The predicted octanol–water partition coefficient (Wildman–Crippen LogP) is 3.81. The third kappa shape index (κ3) is 4.75. The van der Waals surface area contributed by atoms with Crippen molar-refractivity contribution in [2.45, 2.75) is 77.7 Å². The van der Waals surface area contributed by atoms with Gasteiger partial charge in [-0.3, -0.25) is 4.90 Å². The Bertz CT molecular complexity index is 242. The minimum absolute atomic E-state index is 0.588. The van der Waals surface area contributed by atoms with Gasteiger partial charge in [-0.1, -0.05) is 33.1 Å². The minimum Gasteiger partial charge on any atom is -0.316 e. The van der Waals surface area contributed by atoms with Crippen LogP contribution in [0.3, 0.4) is 0 Å². The highest BCUT2D eigenvalue weighted by Gasteiger charge is 2.37. The van der Waals surface area contributed by atoms with Gasteiger partial charge < -0.3 is 5.32 Å². The van der Waals surface area contributed by atoms with Gasteiger partial charge in [-0.2, -0.15) is 0 Å². The largest absolute Gasteiger partial charge is 0.316 e. The zero-order valence-electron chi connectivity index (χ0n) is 13.2. The Morgan fingerprint density at radius 1 is 1.05 bits per heavy atom. The van der Waals surface area contributed by atoms with Crippen molar-refractivity contribution < 1.29 is 0 Å². The van der Waals surface area contributed by atoms with Gasteiger partial charge in [0.2, 0.25) is 0 Å². The number of hydrogen-bond acceptors (Lipinski definition) is 2. The molecule has 2 nitrogen and oxygen atoms in total. The lowest BCUT2D eigenvalue weighted by molar-refractivity contribution is 0.0972. The van der Waals surface area contributed by atoms with E-state index >= 15 is 0 Å². The highest BCUT2D eigenvalue weighted by molar-refractivity contribution is 4.92. The maximum atomic E-state index is 3.73. The molecule has 0 radical (unpaired) electrons. The third-order valence-corrected chi connectivity index (χ3v) is 4.95. The number of nitrogens with one attached hydrogen (secondary N) is 1. The molecular weight excluding hydrogens is 232 g/mol. The molecule has 19 heavy (non-hydrogen) atoms. The highest BCUT2D eigenvalue weighted by atomic mass is 15.2. The molecule has 2 saturated carbocycles. The van der Waals surface area contributed by atoms with Gasteiger partial charge in [0.25, 0.3) is 0 Å². The van der Waals surface area contributed by atoms with Crippen LogP contribution in [0.15, 0.2) is 0 Å². The smallest absolute Gasteiger partial charge is 0.00966 e. The third-order valence-electron chi connectivity index (χ3n) is 4.95. The first-order valence-corrected chi connectivity index (χ1v) is 8.74. The summed E-state index contributed by atoms with van der Waals surface area (Å²) < 4.78 is 0. The fraction of sp³-hybridized carbons (Fsp3) is 1.00. The van der Waals surface area contributed by atoms with Gasteiger partial charge in [0.15, 0.2) is 0 Å². The fourth-order valence-electron chi connectivity index (χ4n) is 3.77. The van der Waals surface area contributed by atoms with Crippen LogP contribution < -0.4 is 5.32 Å². The lowest BCUT2D eigenvalue weighted by Gasteiger charge is -2.41. The Morgan fingerprint density at radius 3 is 2.37 bits per heavy atom. The predicted molar refractivity (Wildman–Crippen MR) is 83.6 cm³/mol. The van der Waals surface area contributed by atoms with Gasteiger partial charge >= 0.3 is 0 Å². The minimum atomic E-state index is 0.588. The van der Waals surface area contributed by atoms with Crippen molar-refractivity contribution >= 4 is 0 Å². The van der Waals surface area contributed by atoms with E-state index in [0.717, 1.165) is 6.04 Å². The van der Waals surface area contributed by atoms with Crippen LogP contribution in [0.1, 0.15) is 71.6 Å². The normalized spacial score (nSPS) is 22.9. The van der Waals surface area contributed by atoms with Crippen molar-refractivity contribution in [2.24, 2.45) is 5.41 Å². The Morgan fingerprint density at radius 2 is 1.79 bits per heavy atom. The molecule has 0 bridgehead atoms. The summed E-state index contributed by atoms with van der Waals surface area (Å²) in [7, 11) is 0. The standard InChI is InChI=1S/C17H34N2/c1-3-12-18-14-17(10-6-5-7-11-17)15-19(13-4-2)16-8-9-16/h16,18H,3-15H2,1-2H3. The molecule has 0 aliphatic heterocycles. The van der Waals surface area contributed by atoms with Crippen molar-refractivity contribution in [1.82, 2.24) is 10.2 Å². The van der Waals surface area contributed by atoms with Crippen molar-refractivity contribution in [3.05, 3.63) is 0 Å². The Kier molecular flexibility index (Phi) is 6.15. The monoisotopic (exact) mass is 266 g/mol. The van der Waals surface area contributed by atoms with Crippen LogP contribution >= 0.6 is 0 Å². The molecule has 2 aliphatic carbocycles. The van der Waals surface area contributed by atoms with E-state index in [1.165, 1.54) is 84.0 Å². The van der Waals surface area contributed by atoms with E-state index in [1.54, 1.807) is 0 Å². The first-order valence-electron chi connectivity index (χ1n) is 8.74. The molecule has 0 aromatic heterocycles. The molecule has 2 rings (SSSR count). The van der Waals surface area contributed by atoms with Crippen LogP contribution in [0.25, 0.3) is 0 Å². The zero-order chi connectivity index (χ0) is 13.6. The van der Waals surface area contributed by atoms with E-state index in [0.29, 0.717) is 5.41 Å². The van der Waals surface area contributed by atoms with Crippen LogP contribution in [0.4, 0.5) is 0 Å². The van der Waals surface area contributed by atoms with Gasteiger partial charge in [0, 0.05) is 19.1 Å². The molecule has 2 fully saturated rings. The number of rotatable bonds is 9. The van der Waals surface area contributed by atoms with Crippen molar-refractivity contribution in [3.63, 3.8) is 0 Å². The van der Waals surface area contributed by atoms with Gasteiger partial charge in [-0.15, -0.1) is 0 Å². The second-order valence-electron chi connectivity index (χ2n) is 6.94. The van der Waals surface area contributed by atoms with Gasteiger partial charge in [0.1, 0.15) is 0 Å². The molecule has 0 amide bonds. The molecule has 2 aliphatic rings. The summed E-state index contributed by atoms with van der Waals surface area (Å²) in [5.74, 6) is 0. The average Bonchev–Trinajstić information content (AvgIpc) is 3.24. The number of nitrogens with zero attached hydrogens (tertiary/aromatic N) is 1. The molecule has 2 heteroatoms. The first kappa shape index (κ1) is 15.3. The Labute approximate surface area is 120 Å². The molecule has 0 heterocycles. The second kappa shape index (κ2) is 7.64. The van der Waals surface area contributed by atoms with E-state index in [9.17, 15) is 0 Å². The first-order chi connectivity index (χ1) is 9.29. The van der Waals surface area contributed by atoms with Gasteiger partial charge in [0.05, 0.1) is 0 Å². The summed E-state index contributed by atoms with van der Waals surface area (Å²) in [4.78, 5) is 2.82. The maximum absolute atomic E-state index is 3.73. The van der Waals surface area contributed by atoms with E-state index in [2.05, 4.69) is 24.1 Å². The maximum Gasteiger partial charge on any atom is 0.00966 e. The van der Waals surface area contributed by atoms with E-state index in [-0.39, 0.29) is 0 Å². The fourth-order valence-corrected chi connectivity index (χ4v) is 3.77. The summed E-state index contributed by atoms with van der Waals surface area (Å²) in [5.41, 5.74) is 0.588. The van der Waals surface area contributed by atoms with Gasteiger partial charge in [-0.05, 0) is 57.0 Å². The highest BCUT2D eigenvalue weighted by Crippen LogP contribution is 2.39. The molecule has 0 atom stereocenters. The summed E-state index contributed by atoms with van der Waals surface area (Å²) in [6, 6.07) is 0.935. The molecule has 0 aromatic rings. The van der Waals surface area contributed by atoms with Crippen LogP contribution in [-0.2, 0) is 0 Å². The molecule has 0 spiro atoms. The Hall–Kier alpha value is -0.0800.